The fraction of sp³-hybridized carbons (Fsp3) is 0. The third kappa shape index (κ3) is 4.59. The van der Waals surface area contributed by atoms with Crippen molar-refractivity contribution >= 4 is 40.2 Å². The Balaban J connectivity index is 2.59. The number of hydrogen-bond acceptors (Lipinski definition) is 3. The predicted octanol–water partition coefficient (Wildman–Crippen LogP) is 0.536. The first-order chi connectivity index (χ1) is 7.08. The van der Waals surface area contributed by atoms with Crippen LogP contribution in [0.4, 0.5) is 5.69 Å². The summed E-state index contributed by atoms with van der Waals surface area (Å²) in [5.74, 6) is -1.90. The van der Waals surface area contributed by atoms with Gasteiger partial charge in [0.05, 0.1) is 5.97 Å². The van der Waals surface area contributed by atoms with Gasteiger partial charge in [0.15, 0.2) is 0 Å². The van der Waals surface area contributed by atoms with E-state index in [4.69, 9.17) is 0 Å². The Morgan fingerprint density at radius 3 is 2.33 bits per heavy atom. The van der Waals surface area contributed by atoms with Crippen molar-refractivity contribution in [1.29, 1.82) is 0 Å². The molecule has 1 amide bonds. The summed E-state index contributed by atoms with van der Waals surface area (Å²) in [6, 6.07) is 7.12. The van der Waals surface area contributed by atoms with E-state index in [9.17, 15) is 14.7 Å². The smallest absolute Gasteiger partial charge is 0.248 e. The van der Waals surface area contributed by atoms with E-state index < -0.39 is 11.9 Å². The van der Waals surface area contributed by atoms with E-state index >= 15 is 0 Å². The van der Waals surface area contributed by atoms with Crippen molar-refractivity contribution in [1.82, 2.24) is 0 Å². The average Bonchev–Trinajstić information content (AvgIpc) is 2.19. The van der Waals surface area contributed by atoms with Crippen molar-refractivity contribution in [2.24, 2.45) is 0 Å². The van der Waals surface area contributed by atoms with Crippen LogP contribution in [0.5, 0.6) is 0 Å². The second-order valence-electron chi connectivity index (χ2n) is 2.65. The molecule has 1 N–H and O–H groups in total. The van der Waals surface area contributed by atoms with Crippen LogP contribution < -0.4 is 10.4 Å². The standard InChI is InChI=1S/C10H8INO3/c11-7-1-3-8(4-2-7)12-9(13)5-6-10(14)15/h1-6H,(H,12,13)(H,14,15)/p-1. The minimum absolute atomic E-state index is 0.500. The van der Waals surface area contributed by atoms with Crippen molar-refractivity contribution in [3.63, 3.8) is 0 Å². The average molecular weight is 316 g/mol. The van der Waals surface area contributed by atoms with Crippen molar-refractivity contribution in [3.05, 3.63) is 40.0 Å². The topological polar surface area (TPSA) is 69.2 Å². The summed E-state index contributed by atoms with van der Waals surface area (Å²) in [6.45, 7) is 0. The molecule has 0 aliphatic rings. The highest BCUT2D eigenvalue weighted by molar-refractivity contribution is 14.1. The van der Waals surface area contributed by atoms with Gasteiger partial charge in [-0.1, -0.05) is 0 Å². The number of aliphatic carboxylic acids is 1. The molecule has 0 fully saturated rings. The van der Waals surface area contributed by atoms with Crippen LogP contribution in [0.2, 0.25) is 0 Å². The summed E-state index contributed by atoms with van der Waals surface area (Å²) >= 11 is 2.14. The predicted molar refractivity (Wildman–Crippen MR) is 61.9 cm³/mol. The Morgan fingerprint density at radius 1 is 1.20 bits per heavy atom. The normalized spacial score (nSPS) is 10.2. The molecule has 0 aliphatic carbocycles. The first-order valence-electron chi connectivity index (χ1n) is 4.03. The van der Waals surface area contributed by atoms with E-state index in [0.29, 0.717) is 11.8 Å². The molecule has 78 valence electrons. The molecule has 15 heavy (non-hydrogen) atoms. The first kappa shape index (κ1) is 11.7. The molecule has 0 saturated carbocycles. The van der Waals surface area contributed by atoms with E-state index in [-0.39, 0.29) is 0 Å². The second kappa shape index (κ2) is 5.50. The Labute approximate surface area is 100 Å². The van der Waals surface area contributed by atoms with Gasteiger partial charge in [-0.2, -0.15) is 0 Å². The maximum absolute atomic E-state index is 11.1. The third-order valence-electron chi connectivity index (χ3n) is 1.48. The van der Waals surface area contributed by atoms with Gasteiger partial charge in [0.25, 0.3) is 0 Å². The lowest BCUT2D eigenvalue weighted by Crippen LogP contribution is -2.20. The number of carboxylic acids is 1. The van der Waals surface area contributed by atoms with E-state index in [1.807, 2.05) is 12.1 Å². The molecular formula is C10H7INO3-. The molecule has 0 spiro atoms. The molecule has 1 rings (SSSR count). The Morgan fingerprint density at radius 2 is 1.80 bits per heavy atom. The lowest BCUT2D eigenvalue weighted by atomic mass is 10.3. The number of carboxylic acid groups (broad SMARTS) is 1. The van der Waals surface area contributed by atoms with Crippen LogP contribution in [0, 0.1) is 3.57 Å². The van der Waals surface area contributed by atoms with Gasteiger partial charge in [0.2, 0.25) is 5.91 Å². The monoisotopic (exact) mass is 316 g/mol. The van der Waals surface area contributed by atoms with Gasteiger partial charge in [-0.15, -0.1) is 0 Å². The molecular weight excluding hydrogens is 309 g/mol. The molecule has 4 nitrogen and oxygen atoms in total. The molecule has 0 aliphatic heterocycles. The first-order valence-corrected chi connectivity index (χ1v) is 5.11. The Bertz CT molecular complexity index is 398. The van der Waals surface area contributed by atoms with Crippen LogP contribution >= 0.6 is 22.6 Å². The van der Waals surface area contributed by atoms with Crippen molar-refractivity contribution in [3.8, 4) is 0 Å². The third-order valence-corrected chi connectivity index (χ3v) is 2.20. The van der Waals surface area contributed by atoms with E-state index in [2.05, 4.69) is 27.9 Å². The zero-order valence-electron chi connectivity index (χ0n) is 7.57. The quantitative estimate of drug-likeness (QED) is 0.653. The van der Waals surface area contributed by atoms with Gasteiger partial charge in [0, 0.05) is 15.3 Å². The highest BCUT2D eigenvalue weighted by Gasteiger charge is 1.96. The molecule has 0 radical (unpaired) electrons. The highest BCUT2D eigenvalue weighted by atomic mass is 127. The largest absolute Gasteiger partial charge is 0.545 e. The number of carbonyl (C=O) groups excluding carboxylic acids is 2. The number of halogens is 1. The number of anilines is 1. The van der Waals surface area contributed by atoms with Crippen LogP contribution in [0.3, 0.4) is 0 Å². The van der Waals surface area contributed by atoms with Gasteiger partial charge in [-0.25, -0.2) is 0 Å². The summed E-state index contributed by atoms with van der Waals surface area (Å²) in [7, 11) is 0. The fourth-order valence-corrected chi connectivity index (χ4v) is 1.22. The van der Waals surface area contributed by atoms with Crippen LogP contribution in [0.25, 0.3) is 0 Å². The number of rotatable bonds is 3. The molecule has 0 saturated heterocycles. The molecule has 1 aromatic rings. The molecule has 0 atom stereocenters. The number of carbonyl (C=O) groups is 2. The molecule has 0 bridgehead atoms. The Kier molecular flexibility index (Phi) is 4.29. The van der Waals surface area contributed by atoms with Gasteiger partial charge >= 0.3 is 0 Å². The minimum Gasteiger partial charge on any atom is -0.545 e. The maximum Gasteiger partial charge on any atom is 0.248 e. The van der Waals surface area contributed by atoms with Gasteiger partial charge in [0.1, 0.15) is 0 Å². The molecule has 0 unspecified atom stereocenters. The van der Waals surface area contributed by atoms with Crippen molar-refractivity contribution in [2.75, 3.05) is 5.32 Å². The van der Waals surface area contributed by atoms with Crippen molar-refractivity contribution in [2.45, 2.75) is 0 Å². The lowest BCUT2D eigenvalue weighted by Gasteiger charge is -2.01. The zero-order chi connectivity index (χ0) is 11.3. The molecule has 0 heterocycles. The van der Waals surface area contributed by atoms with Crippen molar-refractivity contribution < 1.29 is 14.7 Å². The number of benzene rings is 1. The van der Waals surface area contributed by atoms with Crippen LogP contribution in [0.1, 0.15) is 0 Å². The molecule has 1 aromatic carbocycles. The van der Waals surface area contributed by atoms with E-state index in [1.165, 1.54) is 0 Å². The fourth-order valence-electron chi connectivity index (χ4n) is 0.861. The SMILES string of the molecule is O=C([O-])C=CC(=O)Nc1ccc(I)cc1. The van der Waals surface area contributed by atoms with Crippen LogP contribution in [-0.2, 0) is 9.59 Å². The second-order valence-corrected chi connectivity index (χ2v) is 3.89. The summed E-state index contributed by atoms with van der Waals surface area (Å²) in [5.41, 5.74) is 0.614. The number of amides is 1. The number of hydrogen-bond donors (Lipinski definition) is 1. The molecule has 0 aromatic heterocycles. The van der Waals surface area contributed by atoms with Gasteiger partial charge in [-0.05, 0) is 52.9 Å². The van der Waals surface area contributed by atoms with Gasteiger partial charge < -0.3 is 15.2 Å². The maximum atomic E-state index is 11.1. The summed E-state index contributed by atoms with van der Waals surface area (Å²) in [4.78, 5) is 21.1. The highest BCUT2D eigenvalue weighted by Crippen LogP contribution is 2.10. The van der Waals surface area contributed by atoms with Crippen LogP contribution in [0.15, 0.2) is 36.4 Å². The molecule has 5 heteroatoms. The zero-order valence-corrected chi connectivity index (χ0v) is 9.72. The minimum atomic E-state index is -1.40. The Hall–Kier alpha value is -1.37. The summed E-state index contributed by atoms with van der Waals surface area (Å²) in [6.07, 6.45) is 1.59. The van der Waals surface area contributed by atoms with E-state index in [0.717, 1.165) is 9.65 Å². The summed E-state index contributed by atoms with van der Waals surface area (Å²) in [5, 5.41) is 12.5. The van der Waals surface area contributed by atoms with E-state index in [1.54, 1.807) is 12.1 Å². The van der Waals surface area contributed by atoms with Gasteiger partial charge in [-0.3, -0.25) is 4.79 Å². The van der Waals surface area contributed by atoms with Crippen LogP contribution in [-0.4, -0.2) is 11.9 Å². The summed E-state index contributed by atoms with van der Waals surface area (Å²) < 4.78 is 1.05. The number of nitrogens with one attached hydrogen (secondary N) is 1. The lowest BCUT2D eigenvalue weighted by molar-refractivity contribution is -0.297.